The van der Waals surface area contributed by atoms with E-state index in [0.29, 0.717) is 6.54 Å². The van der Waals surface area contributed by atoms with Gasteiger partial charge in [-0.3, -0.25) is 0 Å². The van der Waals surface area contributed by atoms with E-state index in [1.165, 1.54) is 0 Å². The second-order valence-corrected chi connectivity index (χ2v) is 5.21. The van der Waals surface area contributed by atoms with Crippen LogP contribution in [0.1, 0.15) is 24.9 Å². The molecule has 0 saturated carbocycles. The number of para-hydroxylation sites is 2. The summed E-state index contributed by atoms with van der Waals surface area (Å²) in [6.07, 6.45) is 0.212. The zero-order valence-corrected chi connectivity index (χ0v) is 12.8. The van der Waals surface area contributed by atoms with Gasteiger partial charge in [-0.25, -0.2) is 0 Å². The molecule has 2 aromatic rings. The Labute approximate surface area is 131 Å². The molecule has 2 aromatic carbocycles. The van der Waals surface area contributed by atoms with Gasteiger partial charge in [0.15, 0.2) is 0 Å². The number of benzene rings is 2. The van der Waals surface area contributed by atoms with Gasteiger partial charge in [0.1, 0.15) is 24.2 Å². The molecule has 0 heterocycles. The average Bonchev–Trinajstić information content (AvgIpc) is 2.56. The molecule has 2 rings (SSSR count). The molecule has 3 N–H and O–H groups in total. The van der Waals surface area contributed by atoms with Crippen molar-refractivity contribution in [1.82, 2.24) is 5.32 Å². The normalized spacial score (nSPS) is 13.5. The Morgan fingerprint density at radius 1 is 1.05 bits per heavy atom. The summed E-state index contributed by atoms with van der Waals surface area (Å²) in [5.41, 5.74) is 0.848. The summed E-state index contributed by atoms with van der Waals surface area (Å²) in [6.45, 7) is 2.67. The lowest BCUT2D eigenvalue weighted by atomic mass is 10.0. The summed E-state index contributed by atoms with van der Waals surface area (Å²) < 4.78 is 5.52. The van der Waals surface area contributed by atoms with Gasteiger partial charge in [0, 0.05) is 18.2 Å². The Morgan fingerprint density at radius 3 is 2.41 bits per heavy atom. The first kappa shape index (κ1) is 16.3. The van der Waals surface area contributed by atoms with Gasteiger partial charge in [0.2, 0.25) is 0 Å². The smallest absolute Gasteiger partial charge is 0.120 e. The molecule has 2 unspecified atom stereocenters. The molecule has 0 bridgehead atoms. The van der Waals surface area contributed by atoms with E-state index in [4.69, 9.17) is 4.74 Å². The van der Waals surface area contributed by atoms with Gasteiger partial charge in [-0.1, -0.05) is 43.3 Å². The average molecular weight is 301 g/mol. The Morgan fingerprint density at radius 2 is 1.73 bits per heavy atom. The quantitative estimate of drug-likeness (QED) is 0.701. The lowest BCUT2D eigenvalue weighted by molar-refractivity contribution is 0.103. The molecule has 2 atom stereocenters. The predicted octanol–water partition coefficient (Wildman–Crippen LogP) is 2.87. The van der Waals surface area contributed by atoms with Crippen LogP contribution in [0.5, 0.6) is 11.5 Å². The number of phenols is 1. The number of nitrogens with one attached hydrogen (secondary N) is 1. The molecule has 0 spiro atoms. The second-order valence-electron chi connectivity index (χ2n) is 5.21. The van der Waals surface area contributed by atoms with E-state index < -0.39 is 6.10 Å². The Balaban J connectivity index is 1.81. The standard InChI is InChI=1S/C18H23NO3/c1-2-17(16-10-6-7-11-18(16)21)19-12-14(20)13-22-15-8-4-3-5-9-15/h3-11,14,17,19-21H,2,12-13H2,1H3. The molecule has 0 saturated heterocycles. The molecule has 0 amide bonds. The monoisotopic (exact) mass is 301 g/mol. The summed E-state index contributed by atoms with van der Waals surface area (Å²) >= 11 is 0. The number of aliphatic hydroxyl groups is 1. The highest BCUT2D eigenvalue weighted by Gasteiger charge is 2.14. The van der Waals surface area contributed by atoms with Crippen LogP contribution in [0.2, 0.25) is 0 Å². The predicted molar refractivity (Wildman–Crippen MR) is 87.1 cm³/mol. The number of phenolic OH excluding ortho intramolecular Hbond substituents is 1. The topological polar surface area (TPSA) is 61.7 Å². The van der Waals surface area contributed by atoms with Crippen LogP contribution in [0.15, 0.2) is 54.6 Å². The van der Waals surface area contributed by atoms with Gasteiger partial charge in [0.05, 0.1) is 0 Å². The Bertz CT molecular complexity index is 559. The number of hydrogen-bond acceptors (Lipinski definition) is 4. The van der Waals surface area contributed by atoms with Crippen molar-refractivity contribution in [2.45, 2.75) is 25.5 Å². The fourth-order valence-corrected chi connectivity index (χ4v) is 2.30. The molecule has 0 aromatic heterocycles. The Hall–Kier alpha value is -2.04. The lowest BCUT2D eigenvalue weighted by Crippen LogP contribution is -2.33. The van der Waals surface area contributed by atoms with Crippen molar-refractivity contribution in [2.75, 3.05) is 13.2 Å². The van der Waals surface area contributed by atoms with Crippen LogP contribution in [-0.4, -0.2) is 29.5 Å². The van der Waals surface area contributed by atoms with Gasteiger partial charge >= 0.3 is 0 Å². The van der Waals surface area contributed by atoms with Crippen molar-refractivity contribution in [3.05, 3.63) is 60.2 Å². The summed E-state index contributed by atoms with van der Waals surface area (Å²) in [7, 11) is 0. The number of ether oxygens (including phenoxy) is 1. The van der Waals surface area contributed by atoms with Crippen LogP contribution in [0.3, 0.4) is 0 Å². The lowest BCUT2D eigenvalue weighted by Gasteiger charge is -2.21. The van der Waals surface area contributed by atoms with Crippen LogP contribution < -0.4 is 10.1 Å². The van der Waals surface area contributed by atoms with Crippen molar-refractivity contribution >= 4 is 0 Å². The molecular formula is C18H23NO3. The largest absolute Gasteiger partial charge is 0.508 e. The SMILES string of the molecule is CCC(NCC(O)COc1ccccc1)c1ccccc1O. The highest BCUT2D eigenvalue weighted by molar-refractivity contribution is 5.34. The van der Waals surface area contributed by atoms with Crippen molar-refractivity contribution in [3.8, 4) is 11.5 Å². The third kappa shape index (κ3) is 4.76. The van der Waals surface area contributed by atoms with Crippen LogP contribution in [0, 0.1) is 0 Å². The molecule has 0 aliphatic rings. The first-order valence-electron chi connectivity index (χ1n) is 7.58. The molecular weight excluding hydrogens is 278 g/mol. The number of aromatic hydroxyl groups is 1. The molecule has 118 valence electrons. The third-order valence-corrected chi connectivity index (χ3v) is 3.51. The van der Waals surface area contributed by atoms with E-state index in [1.807, 2.05) is 49.4 Å². The van der Waals surface area contributed by atoms with E-state index in [0.717, 1.165) is 17.7 Å². The maximum Gasteiger partial charge on any atom is 0.120 e. The van der Waals surface area contributed by atoms with Crippen LogP contribution in [0.25, 0.3) is 0 Å². The highest BCUT2D eigenvalue weighted by atomic mass is 16.5. The van der Waals surface area contributed by atoms with Crippen LogP contribution in [0.4, 0.5) is 0 Å². The minimum Gasteiger partial charge on any atom is -0.508 e. The van der Waals surface area contributed by atoms with Gasteiger partial charge < -0.3 is 20.3 Å². The van der Waals surface area contributed by atoms with E-state index in [1.54, 1.807) is 12.1 Å². The van der Waals surface area contributed by atoms with E-state index >= 15 is 0 Å². The third-order valence-electron chi connectivity index (χ3n) is 3.51. The van der Waals surface area contributed by atoms with E-state index in [-0.39, 0.29) is 18.4 Å². The fourth-order valence-electron chi connectivity index (χ4n) is 2.30. The van der Waals surface area contributed by atoms with Crippen molar-refractivity contribution in [2.24, 2.45) is 0 Å². The summed E-state index contributed by atoms with van der Waals surface area (Å²) in [5, 5.41) is 23.2. The van der Waals surface area contributed by atoms with Gasteiger partial charge in [0.25, 0.3) is 0 Å². The number of rotatable bonds is 8. The Kier molecular flexibility index (Phi) is 6.25. The minimum absolute atomic E-state index is 0.00701. The number of aliphatic hydroxyl groups excluding tert-OH is 1. The van der Waals surface area contributed by atoms with E-state index in [9.17, 15) is 10.2 Å². The molecule has 4 heteroatoms. The molecule has 0 aliphatic heterocycles. The van der Waals surface area contributed by atoms with Crippen molar-refractivity contribution in [1.29, 1.82) is 0 Å². The van der Waals surface area contributed by atoms with E-state index in [2.05, 4.69) is 5.32 Å². The summed E-state index contributed by atoms with van der Waals surface area (Å²) in [4.78, 5) is 0. The highest BCUT2D eigenvalue weighted by Crippen LogP contribution is 2.25. The first-order chi connectivity index (χ1) is 10.7. The minimum atomic E-state index is -0.611. The zero-order chi connectivity index (χ0) is 15.8. The summed E-state index contributed by atoms with van der Waals surface area (Å²) in [6, 6.07) is 16.7. The maximum atomic E-state index is 10.0. The van der Waals surface area contributed by atoms with Gasteiger partial charge in [-0.2, -0.15) is 0 Å². The van der Waals surface area contributed by atoms with Crippen molar-refractivity contribution in [3.63, 3.8) is 0 Å². The molecule has 0 aliphatic carbocycles. The molecule has 0 fully saturated rings. The molecule has 22 heavy (non-hydrogen) atoms. The van der Waals surface area contributed by atoms with Crippen LogP contribution in [-0.2, 0) is 0 Å². The first-order valence-corrected chi connectivity index (χ1v) is 7.58. The fraction of sp³-hybridized carbons (Fsp3) is 0.333. The van der Waals surface area contributed by atoms with Gasteiger partial charge in [-0.05, 0) is 24.6 Å². The van der Waals surface area contributed by atoms with Crippen LogP contribution >= 0.6 is 0 Å². The maximum absolute atomic E-state index is 10.0. The van der Waals surface area contributed by atoms with Crippen molar-refractivity contribution < 1.29 is 14.9 Å². The zero-order valence-electron chi connectivity index (χ0n) is 12.8. The van der Waals surface area contributed by atoms with Gasteiger partial charge in [-0.15, -0.1) is 0 Å². The molecule has 0 radical (unpaired) electrons. The second kappa shape index (κ2) is 8.41. The number of hydrogen-bond donors (Lipinski definition) is 3. The molecule has 4 nitrogen and oxygen atoms in total. The summed E-state index contributed by atoms with van der Waals surface area (Å²) in [5.74, 6) is 1.02.